The molecule has 0 bridgehead atoms. The maximum absolute atomic E-state index is 12.4. The predicted molar refractivity (Wildman–Crippen MR) is 69.3 cm³/mol. The molecule has 1 heterocycles. The van der Waals surface area contributed by atoms with Crippen LogP contribution in [-0.2, 0) is 9.84 Å². The van der Waals surface area contributed by atoms with Crippen LogP contribution in [0.1, 0.15) is 18.4 Å². The summed E-state index contributed by atoms with van der Waals surface area (Å²) >= 11 is 5.91. The fraction of sp³-hybridized carbons (Fsp3) is 0.500. The highest BCUT2D eigenvalue weighted by Crippen LogP contribution is 2.25. The summed E-state index contributed by atoms with van der Waals surface area (Å²) in [6, 6.07) is 4.93. The van der Waals surface area contributed by atoms with Crippen LogP contribution in [0.3, 0.4) is 0 Å². The fourth-order valence-corrected chi connectivity index (χ4v) is 4.05. The molecule has 0 amide bonds. The first-order valence-electron chi connectivity index (χ1n) is 5.72. The quantitative estimate of drug-likeness (QED) is 0.898. The molecule has 2 rings (SSSR count). The van der Waals surface area contributed by atoms with Gasteiger partial charge in [0.1, 0.15) is 0 Å². The molecule has 0 atom stereocenters. The molecule has 1 saturated heterocycles. The first kappa shape index (κ1) is 12.9. The van der Waals surface area contributed by atoms with Gasteiger partial charge in [-0.05, 0) is 56.6 Å². The van der Waals surface area contributed by atoms with Gasteiger partial charge in [0.25, 0.3) is 0 Å². The van der Waals surface area contributed by atoms with Crippen molar-refractivity contribution < 1.29 is 8.42 Å². The molecule has 0 saturated carbocycles. The number of nitrogens with one attached hydrogen (secondary N) is 1. The third kappa shape index (κ3) is 2.64. The van der Waals surface area contributed by atoms with E-state index < -0.39 is 9.84 Å². The lowest BCUT2D eigenvalue weighted by molar-refractivity contribution is 0.496. The Balaban J connectivity index is 2.33. The minimum absolute atomic E-state index is 0.260. The third-order valence-electron chi connectivity index (χ3n) is 3.18. The molecular weight excluding hydrogens is 258 g/mol. The zero-order valence-electron chi connectivity index (χ0n) is 9.74. The van der Waals surface area contributed by atoms with Gasteiger partial charge in [0.2, 0.25) is 0 Å². The molecule has 0 aromatic heterocycles. The second-order valence-corrected chi connectivity index (χ2v) is 7.04. The largest absolute Gasteiger partial charge is 0.317 e. The van der Waals surface area contributed by atoms with Gasteiger partial charge in [-0.15, -0.1) is 0 Å². The van der Waals surface area contributed by atoms with E-state index in [0.29, 0.717) is 22.8 Å². The van der Waals surface area contributed by atoms with Gasteiger partial charge in [-0.25, -0.2) is 8.42 Å². The molecule has 17 heavy (non-hydrogen) atoms. The van der Waals surface area contributed by atoms with Gasteiger partial charge < -0.3 is 5.32 Å². The highest BCUT2D eigenvalue weighted by atomic mass is 35.5. The molecule has 1 N–H and O–H groups in total. The number of aryl methyl sites for hydroxylation is 1. The van der Waals surface area contributed by atoms with Gasteiger partial charge in [0.15, 0.2) is 9.84 Å². The molecule has 0 spiro atoms. The molecular formula is C12H16ClNO2S. The number of halogens is 1. The topological polar surface area (TPSA) is 46.2 Å². The summed E-state index contributed by atoms with van der Waals surface area (Å²) in [6.45, 7) is 3.37. The standard InChI is InChI=1S/C12H16ClNO2S/c1-9-8-11(2-3-12(9)13)17(15,16)10-4-6-14-7-5-10/h2-3,8,10,14H,4-7H2,1H3. The van der Waals surface area contributed by atoms with Crippen LogP contribution in [0, 0.1) is 6.92 Å². The SMILES string of the molecule is Cc1cc(S(=O)(=O)C2CCNCC2)ccc1Cl. The van der Waals surface area contributed by atoms with E-state index in [2.05, 4.69) is 5.32 Å². The van der Waals surface area contributed by atoms with Gasteiger partial charge in [-0.1, -0.05) is 11.6 Å². The molecule has 1 aromatic rings. The molecule has 1 aromatic carbocycles. The summed E-state index contributed by atoms with van der Waals surface area (Å²) in [6.07, 6.45) is 1.37. The van der Waals surface area contributed by atoms with E-state index >= 15 is 0 Å². The first-order chi connectivity index (χ1) is 8.01. The van der Waals surface area contributed by atoms with Crippen molar-refractivity contribution >= 4 is 21.4 Å². The Morgan fingerprint density at radius 1 is 1.29 bits per heavy atom. The Hall–Kier alpha value is -0.580. The van der Waals surface area contributed by atoms with E-state index in [-0.39, 0.29) is 5.25 Å². The highest BCUT2D eigenvalue weighted by molar-refractivity contribution is 7.92. The summed E-state index contributed by atoms with van der Waals surface area (Å²) in [7, 11) is -3.20. The van der Waals surface area contributed by atoms with Gasteiger partial charge in [-0.3, -0.25) is 0 Å². The van der Waals surface area contributed by atoms with Crippen molar-refractivity contribution in [3.63, 3.8) is 0 Å². The van der Waals surface area contributed by atoms with Crippen molar-refractivity contribution in [2.45, 2.75) is 29.9 Å². The lowest BCUT2D eigenvalue weighted by Gasteiger charge is -2.22. The van der Waals surface area contributed by atoms with E-state index in [0.717, 1.165) is 18.7 Å². The van der Waals surface area contributed by atoms with Crippen LogP contribution in [0.5, 0.6) is 0 Å². The average molecular weight is 274 g/mol. The number of hydrogen-bond donors (Lipinski definition) is 1. The Morgan fingerprint density at radius 3 is 2.53 bits per heavy atom. The lowest BCUT2D eigenvalue weighted by Crippen LogP contribution is -2.35. The van der Waals surface area contributed by atoms with Crippen molar-refractivity contribution in [1.29, 1.82) is 0 Å². The van der Waals surface area contributed by atoms with Crippen molar-refractivity contribution in [2.75, 3.05) is 13.1 Å². The molecule has 1 fully saturated rings. The number of benzene rings is 1. The van der Waals surface area contributed by atoms with E-state index in [9.17, 15) is 8.42 Å². The predicted octanol–water partition coefficient (Wildman–Crippen LogP) is 2.17. The number of rotatable bonds is 2. The summed E-state index contributed by atoms with van der Waals surface area (Å²) < 4.78 is 24.8. The average Bonchev–Trinajstić information content (AvgIpc) is 2.33. The molecule has 0 radical (unpaired) electrons. The van der Waals surface area contributed by atoms with E-state index in [4.69, 9.17) is 11.6 Å². The van der Waals surface area contributed by atoms with Gasteiger partial charge in [0, 0.05) is 5.02 Å². The third-order valence-corrected chi connectivity index (χ3v) is 5.87. The van der Waals surface area contributed by atoms with Crippen LogP contribution in [0.2, 0.25) is 5.02 Å². The minimum atomic E-state index is -3.20. The Bertz CT molecular complexity index is 507. The second kappa shape index (κ2) is 4.96. The first-order valence-corrected chi connectivity index (χ1v) is 7.65. The monoisotopic (exact) mass is 273 g/mol. The minimum Gasteiger partial charge on any atom is -0.317 e. The van der Waals surface area contributed by atoms with Gasteiger partial charge in [-0.2, -0.15) is 0 Å². The van der Waals surface area contributed by atoms with Crippen LogP contribution >= 0.6 is 11.6 Å². The van der Waals surface area contributed by atoms with Crippen LogP contribution in [0.4, 0.5) is 0 Å². The number of hydrogen-bond acceptors (Lipinski definition) is 3. The van der Waals surface area contributed by atoms with Crippen molar-refractivity contribution in [3.8, 4) is 0 Å². The van der Waals surface area contributed by atoms with Crippen LogP contribution in [0.15, 0.2) is 23.1 Å². The Kier molecular flexibility index (Phi) is 3.76. The Labute approximate surface area is 107 Å². The molecule has 1 aliphatic rings. The van der Waals surface area contributed by atoms with E-state index in [1.165, 1.54) is 0 Å². The van der Waals surface area contributed by atoms with E-state index in [1.54, 1.807) is 18.2 Å². The molecule has 0 unspecified atom stereocenters. The molecule has 5 heteroatoms. The van der Waals surface area contributed by atoms with Crippen LogP contribution in [-0.4, -0.2) is 26.8 Å². The number of piperidine rings is 1. The Morgan fingerprint density at radius 2 is 1.94 bits per heavy atom. The van der Waals surface area contributed by atoms with Crippen LogP contribution in [0.25, 0.3) is 0 Å². The van der Waals surface area contributed by atoms with Gasteiger partial charge in [0.05, 0.1) is 10.1 Å². The molecule has 3 nitrogen and oxygen atoms in total. The maximum atomic E-state index is 12.4. The summed E-state index contributed by atoms with van der Waals surface area (Å²) in [5.41, 5.74) is 0.807. The van der Waals surface area contributed by atoms with Crippen molar-refractivity contribution in [1.82, 2.24) is 5.32 Å². The number of sulfone groups is 1. The smallest absolute Gasteiger partial charge is 0.181 e. The molecule has 0 aliphatic carbocycles. The summed E-state index contributed by atoms with van der Waals surface area (Å²) in [4.78, 5) is 0.395. The van der Waals surface area contributed by atoms with Gasteiger partial charge >= 0.3 is 0 Å². The molecule has 1 aliphatic heterocycles. The van der Waals surface area contributed by atoms with E-state index in [1.807, 2.05) is 6.92 Å². The maximum Gasteiger partial charge on any atom is 0.181 e. The van der Waals surface area contributed by atoms with Crippen molar-refractivity contribution in [3.05, 3.63) is 28.8 Å². The fourth-order valence-electron chi connectivity index (χ4n) is 2.09. The summed E-state index contributed by atoms with van der Waals surface area (Å²) in [5.74, 6) is 0. The molecule has 94 valence electrons. The van der Waals surface area contributed by atoms with Crippen molar-refractivity contribution in [2.24, 2.45) is 0 Å². The second-order valence-electron chi connectivity index (χ2n) is 4.41. The zero-order valence-corrected chi connectivity index (χ0v) is 11.3. The normalized spacial score (nSPS) is 18.2. The summed E-state index contributed by atoms with van der Waals surface area (Å²) in [5, 5.41) is 3.52. The lowest BCUT2D eigenvalue weighted by atomic mass is 10.2. The zero-order chi connectivity index (χ0) is 12.5. The van der Waals surface area contributed by atoms with Crippen LogP contribution < -0.4 is 5.32 Å². The highest BCUT2D eigenvalue weighted by Gasteiger charge is 2.28.